The fourth-order valence-corrected chi connectivity index (χ4v) is 0.311. The molecule has 0 spiro atoms. The molecule has 0 bridgehead atoms. The number of carbonyl (C=O) groups excluding carboxylic acids is 2. The summed E-state index contributed by atoms with van der Waals surface area (Å²) in [5, 5.41) is 0.544. The minimum absolute atomic E-state index is 0.544. The molecule has 0 aliphatic rings. The third-order valence-corrected chi connectivity index (χ3v) is 0.610. The fraction of sp³-hybridized carbons (Fsp3) is 0.200. The number of nitrogens with two attached hydrogens (primary N) is 1. The van der Waals surface area contributed by atoms with Crippen LogP contribution in [0.25, 0.3) is 0 Å². The molecule has 0 aromatic carbocycles. The van der Waals surface area contributed by atoms with Gasteiger partial charge in [0.05, 0.1) is 0 Å². The van der Waals surface area contributed by atoms with Gasteiger partial charge in [-0.1, -0.05) is 6.58 Å². The van der Waals surface area contributed by atoms with Gasteiger partial charge in [0.2, 0.25) is 0 Å². The SMILES string of the molecule is C=CN(OC(C)=O)C(N)=O. The Labute approximate surface area is 58.0 Å². The summed E-state index contributed by atoms with van der Waals surface area (Å²) in [7, 11) is 0. The van der Waals surface area contributed by atoms with E-state index in [0.29, 0.717) is 5.06 Å². The van der Waals surface area contributed by atoms with Crippen molar-refractivity contribution in [1.29, 1.82) is 0 Å². The lowest BCUT2D eigenvalue weighted by molar-refractivity contribution is -0.164. The topological polar surface area (TPSA) is 72.6 Å². The van der Waals surface area contributed by atoms with E-state index in [1.807, 2.05) is 0 Å². The average Bonchev–Trinajstić information content (AvgIpc) is 1.81. The monoisotopic (exact) mass is 144 g/mol. The van der Waals surface area contributed by atoms with Crippen molar-refractivity contribution in [2.45, 2.75) is 6.92 Å². The lowest BCUT2D eigenvalue weighted by Gasteiger charge is -2.11. The van der Waals surface area contributed by atoms with Crippen LogP contribution in [0.5, 0.6) is 0 Å². The molecule has 0 fully saturated rings. The highest BCUT2D eigenvalue weighted by Crippen LogP contribution is 1.89. The molecule has 0 aromatic rings. The second-order valence-electron chi connectivity index (χ2n) is 1.43. The van der Waals surface area contributed by atoms with Crippen molar-refractivity contribution < 1.29 is 14.4 Å². The van der Waals surface area contributed by atoms with E-state index in [1.165, 1.54) is 0 Å². The van der Waals surface area contributed by atoms with Gasteiger partial charge in [0.1, 0.15) is 0 Å². The molecule has 0 heterocycles. The first kappa shape index (κ1) is 8.48. The number of hydroxylamine groups is 2. The summed E-state index contributed by atoms with van der Waals surface area (Å²) in [6.45, 7) is 4.34. The van der Waals surface area contributed by atoms with Crippen molar-refractivity contribution in [3.05, 3.63) is 12.8 Å². The van der Waals surface area contributed by atoms with Gasteiger partial charge in [0.15, 0.2) is 0 Å². The van der Waals surface area contributed by atoms with Gasteiger partial charge < -0.3 is 10.6 Å². The standard InChI is InChI=1S/C5H8N2O3/c1-3-7(5(6)9)10-4(2)8/h3H,1H2,2H3,(H2,6,9). The number of nitrogens with zero attached hydrogens (tertiary/aromatic N) is 1. The minimum atomic E-state index is -0.884. The quantitative estimate of drug-likeness (QED) is 0.526. The van der Waals surface area contributed by atoms with E-state index in [-0.39, 0.29) is 0 Å². The van der Waals surface area contributed by atoms with E-state index in [4.69, 9.17) is 5.73 Å². The third kappa shape index (κ3) is 2.71. The van der Waals surface area contributed by atoms with Gasteiger partial charge in [0.25, 0.3) is 0 Å². The molecule has 5 heteroatoms. The molecule has 0 unspecified atom stereocenters. The van der Waals surface area contributed by atoms with Crippen LogP contribution >= 0.6 is 0 Å². The Kier molecular flexibility index (Phi) is 2.96. The Bertz CT molecular complexity index is 166. The molecule has 0 radical (unpaired) electrons. The van der Waals surface area contributed by atoms with Crippen LogP contribution in [0.4, 0.5) is 4.79 Å². The van der Waals surface area contributed by atoms with Crippen LogP contribution in [-0.2, 0) is 9.63 Å². The molecular weight excluding hydrogens is 136 g/mol. The second-order valence-corrected chi connectivity index (χ2v) is 1.43. The second kappa shape index (κ2) is 3.49. The molecule has 5 nitrogen and oxygen atoms in total. The maximum Gasteiger partial charge on any atom is 0.352 e. The zero-order valence-corrected chi connectivity index (χ0v) is 5.53. The van der Waals surface area contributed by atoms with Crippen LogP contribution in [0, 0.1) is 0 Å². The van der Waals surface area contributed by atoms with E-state index >= 15 is 0 Å². The van der Waals surface area contributed by atoms with Crippen LogP contribution in [0.15, 0.2) is 12.8 Å². The van der Waals surface area contributed by atoms with Crippen LogP contribution in [-0.4, -0.2) is 17.1 Å². The summed E-state index contributed by atoms with van der Waals surface area (Å²) in [6.07, 6.45) is 1.00. The van der Waals surface area contributed by atoms with Gasteiger partial charge in [-0.25, -0.2) is 9.59 Å². The van der Waals surface area contributed by atoms with Crippen molar-refractivity contribution in [2.75, 3.05) is 0 Å². The molecule has 56 valence electrons. The van der Waals surface area contributed by atoms with Crippen molar-refractivity contribution in [3.8, 4) is 0 Å². The van der Waals surface area contributed by atoms with Crippen molar-refractivity contribution in [1.82, 2.24) is 5.06 Å². The summed E-state index contributed by atoms with van der Waals surface area (Å²) in [6, 6.07) is -0.884. The van der Waals surface area contributed by atoms with Gasteiger partial charge in [-0.3, -0.25) is 0 Å². The molecule has 0 rings (SSSR count). The Morgan fingerprint density at radius 1 is 1.70 bits per heavy atom. The Hall–Kier alpha value is -1.52. The number of amides is 2. The van der Waals surface area contributed by atoms with E-state index in [0.717, 1.165) is 13.1 Å². The molecule has 0 atom stereocenters. The molecule has 0 saturated heterocycles. The van der Waals surface area contributed by atoms with Crippen LogP contribution in [0.3, 0.4) is 0 Å². The third-order valence-electron chi connectivity index (χ3n) is 0.610. The Balaban J connectivity index is 3.96. The molecule has 0 saturated carbocycles. The van der Waals surface area contributed by atoms with E-state index in [2.05, 4.69) is 11.4 Å². The zero-order chi connectivity index (χ0) is 8.15. The lowest BCUT2D eigenvalue weighted by atomic mass is 10.8. The molecule has 2 amide bonds. The predicted octanol–water partition coefficient (Wildman–Crippen LogP) is -0.0113. The summed E-state index contributed by atoms with van der Waals surface area (Å²) in [5.41, 5.74) is 4.73. The summed E-state index contributed by atoms with van der Waals surface area (Å²) < 4.78 is 0. The molecule has 0 aliphatic heterocycles. The number of rotatable bonds is 1. The number of primary amides is 1. The fourth-order valence-electron chi connectivity index (χ4n) is 0.311. The Morgan fingerprint density at radius 3 is 2.30 bits per heavy atom. The molecule has 10 heavy (non-hydrogen) atoms. The molecular formula is C5H8N2O3. The highest BCUT2D eigenvalue weighted by Gasteiger charge is 2.07. The molecule has 0 aliphatic carbocycles. The average molecular weight is 144 g/mol. The number of carbonyl (C=O) groups is 2. The molecule has 0 aromatic heterocycles. The van der Waals surface area contributed by atoms with Gasteiger partial charge in [-0.2, -0.15) is 0 Å². The van der Waals surface area contributed by atoms with Crippen LogP contribution in [0.2, 0.25) is 0 Å². The van der Waals surface area contributed by atoms with Crippen LogP contribution in [0.1, 0.15) is 6.92 Å². The first-order valence-corrected chi connectivity index (χ1v) is 2.47. The van der Waals surface area contributed by atoms with E-state index < -0.39 is 12.0 Å². The maximum atomic E-state index is 10.3. The van der Waals surface area contributed by atoms with Gasteiger partial charge in [0, 0.05) is 13.1 Å². The largest absolute Gasteiger partial charge is 0.352 e. The minimum Gasteiger partial charge on any atom is -0.349 e. The van der Waals surface area contributed by atoms with Crippen molar-refractivity contribution >= 4 is 12.0 Å². The van der Waals surface area contributed by atoms with Crippen molar-refractivity contribution in [2.24, 2.45) is 5.73 Å². The molecule has 2 N–H and O–H groups in total. The highest BCUT2D eigenvalue weighted by atomic mass is 16.7. The summed E-state index contributed by atoms with van der Waals surface area (Å²) in [5.74, 6) is -0.626. The lowest BCUT2D eigenvalue weighted by Crippen LogP contribution is -2.32. The van der Waals surface area contributed by atoms with Gasteiger partial charge in [-0.05, 0) is 0 Å². The van der Waals surface area contributed by atoms with Crippen LogP contribution < -0.4 is 5.73 Å². The number of hydrogen-bond acceptors (Lipinski definition) is 3. The van der Waals surface area contributed by atoms with Crippen molar-refractivity contribution in [3.63, 3.8) is 0 Å². The highest BCUT2D eigenvalue weighted by molar-refractivity contribution is 5.75. The summed E-state index contributed by atoms with van der Waals surface area (Å²) in [4.78, 5) is 24.7. The maximum absolute atomic E-state index is 10.3. The summed E-state index contributed by atoms with van der Waals surface area (Å²) >= 11 is 0. The van der Waals surface area contributed by atoms with Gasteiger partial charge >= 0.3 is 12.0 Å². The van der Waals surface area contributed by atoms with E-state index in [9.17, 15) is 9.59 Å². The smallest absolute Gasteiger partial charge is 0.349 e. The number of hydrogen-bond donors (Lipinski definition) is 1. The predicted molar refractivity (Wildman–Crippen MR) is 33.4 cm³/mol. The zero-order valence-electron chi connectivity index (χ0n) is 5.53. The van der Waals surface area contributed by atoms with E-state index in [1.54, 1.807) is 0 Å². The normalized spacial score (nSPS) is 8.10. The number of urea groups is 1. The first-order chi connectivity index (χ1) is 4.57. The first-order valence-electron chi connectivity index (χ1n) is 2.47. The van der Waals surface area contributed by atoms with Gasteiger partial charge in [-0.15, -0.1) is 5.06 Å². The Morgan fingerprint density at radius 2 is 2.20 bits per heavy atom.